The van der Waals surface area contributed by atoms with E-state index in [9.17, 15) is 0 Å². The number of pyridine rings is 1. The molecule has 2 aliphatic heterocycles. The standard InChI is InChI=1S/C11H13ClN2O/c12-8-2-1-5-13-11(8)14-9-6-7-3-4-10(9)15-7/h1-2,5,7,9-10H,3-4,6H2,(H,13,14). The lowest BCUT2D eigenvalue weighted by Crippen LogP contribution is -2.30. The van der Waals surface area contributed by atoms with E-state index in [4.69, 9.17) is 16.3 Å². The van der Waals surface area contributed by atoms with E-state index in [1.54, 1.807) is 6.20 Å². The number of nitrogens with zero attached hydrogens (tertiary/aromatic N) is 1. The molecule has 3 rings (SSSR count). The van der Waals surface area contributed by atoms with Crippen LogP contribution in [0.2, 0.25) is 5.02 Å². The topological polar surface area (TPSA) is 34.2 Å². The zero-order chi connectivity index (χ0) is 10.3. The molecule has 0 saturated carbocycles. The Hall–Kier alpha value is -0.800. The fourth-order valence-corrected chi connectivity index (χ4v) is 2.63. The van der Waals surface area contributed by atoms with Gasteiger partial charge in [0.25, 0.3) is 0 Å². The van der Waals surface area contributed by atoms with Crippen molar-refractivity contribution in [3.05, 3.63) is 23.4 Å². The average molecular weight is 225 g/mol. The molecule has 0 spiro atoms. The molecule has 3 unspecified atom stereocenters. The maximum atomic E-state index is 6.04. The number of anilines is 1. The Morgan fingerprint density at radius 1 is 1.47 bits per heavy atom. The minimum Gasteiger partial charge on any atom is -0.373 e. The first-order chi connectivity index (χ1) is 7.33. The molecular weight excluding hydrogens is 212 g/mol. The van der Waals surface area contributed by atoms with Gasteiger partial charge in [-0.05, 0) is 31.4 Å². The van der Waals surface area contributed by atoms with Gasteiger partial charge in [0.05, 0.1) is 23.3 Å². The highest BCUT2D eigenvalue weighted by Gasteiger charge is 2.40. The Kier molecular flexibility index (Phi) is 2.29. The summed E-state index contributed by atoms with van der Waals surface area (Å²) in [6.45, 7) is 0. The van der Waals surface area contributed by atoms with Crippen molar-refractivity contribution in [3.63, 3.8) is 0 Å². The van der Waals surface area contributed by atoms with Crippen LogP contribution < -0.4 is 5.32 Å². The van der Waals surface area contributed by atoms with Crippen LogP contribution in [-0.4, -0.2) is 23.2 Å². The number of hydrogen-bond donors (Lipinski definition) is 1. The summed E-state index contributed by atoms with van der Waals surface area (Å²) in [5.41, 5.74) is 0. The summed E-state index contributed by atoms with van der Waals surface area (Å²) in [4.78, 5) is 4.23. The largest absolute Gasteiger partial charge is 0.373 e. The molecule has 1 aromatic heterocycles. The van der Waals surface area contributed by atoms with Gasteiger partial charge in [-0.25, -0.2) is 4.98 Å². The van der Waals surface area contributed by atoms with Gasteiger partial charge in [-0.1, -0.05) is 11.6 Å². The van der Waals surface area contributed by atoms with Crippen LogP contribution in [0, 0.1) is 0 Å². The number of nitrogens with one attached hydrogen (secondary N) is 1. The van der Waals surface area contributed by atoms with Crippen LogP contribution >= 0.6 is 11.6 Å². The highest BCUT2D eigenvalue weighted by Crippen LogP contribution is 2.36. The molecule has 15 heavy (non-hydrogen) atoms. The smallest absolute Gasteiger partial charge is 0.145 e. The van der Waals surface area contributed by atoms with Gasteiger partial charge < -0.3 is 10.1 Å². The summed E-state index contributed by atoms with van der Waals surface area (Å²) in [6, 6.07) is 4.08. The summed E-state index contributed by atoms with van der Waals surface area (Å²) in [5, 5.41) is 4.05. The van der Waals surface area contributed by atoms with Crippen molar-refractivity contribution in [1.29, 1.82) is 0 Å². The predicted molar refractivity (Wildman–Crippen MR) is 59.2 cm³/mol. The summed E-state index contributed by atoms with van der Waals surface area (Å²) in [5.74, 6) is 0.778. The van der Waals surface area contributed by atoms with Gasteiger partial charge in [-0.15, -0.1) is 0 Å². The molecule has 3 heterocycles. The lowest BCUT2D eigenvalue weighted by Gasteiger charge is -2.20. The van der Waals surface area contributed by atoms with E-state index >= 15 is 0 Å². The second-order valence-corrected chi connectivity index (χ2v) is 4.60. The predicted octanol–water partition coefficient (Wildman–Crippen LogP) is 2.47. The van der Waals surface area contributed by atoms with Crippen molar-refractivity contribution in [2.45, 2.75) is 37.5 Å². The van der Waals surface area contributed by atoms with E-state index < -0.39 is 0 Å². The first kappa shape index (κ1) is 9.43. The SMILES string of the molecule is Clc1cccnc1NC1CC2CCC1O2. The van der Waals surface area contributed by atoms with Gasteiger partial charge in [0.15, 0.2) is 0 Å². The van der Waals surface area contributed by atoms with Crippen molar-refractivity contribution in [2.75, 3.05) is 5.32 Å². The molecule has 1 aromatic rings. The normalized spacial score (nSPS) is 33.3. The minimum atomic E-state index is 0.355. The summed E-state index contributed by atoms with van der Waals surface area (Å²) in [6.07, 6.45) is 6.01. The number of rotatable bonds is 2. The quantitative estimate of drug-likeness (QED) is 0.838. The first-order valence-electron chi connectivity index (χ1n) is 5.35. The van der Waals surface area contributed by atoms with E-state index in [-0.39, 0.29) is 0 Å². The van der Waals surface area contributed by atoms with Crippen molar-refractivity contribution >= 4 is 17.4 Å². The highest BCUT2D eigenvalue weighted by molar-refractivity contribution is 6.32. The fourth-order valence-electron chi connectivity index (χ4n) is 2.46. The number of hydrogen-bond acceptors (Lipinski definition) is 3. The molecule has 2 saturated heterocycles. The van der Waals surface area contributed by atoms with E-state index in [1.165, 1.54) is 6.42 Å². The summed E-state index contributed by atoms with van der Waals surface area (Å²) >= 11 is 6.04. The van der Waals surface area contributed by atoms with Gasteiger partial charge in [-0.3, -0.25) is 0 Å². The van der Waals surface area contributed by atoms with Crippen LogP contribution in [0.4, 0.5) is 5.82 Å². The Balaban J connectivity index is 1.73. The maximum Gasteiger partial charge on any atom is 0.145 e. The van der Waals surface area contributed by atoms with Crippen LogP contribution in [0.25, 0.3) is 0 Å². The van der Waals surface area contributed by atoms with Crippen molar-refractivity contribution in [2.24, 2.45) is 0 Å². The Labute approximate surface area is 93.8 Å². The average Bonchev–Trinajstić information content (AvgIpc) is 2.83. The second-order valence-electron chi connectivity index (χ2n) is 4.19. The zero-order valence-electron chi connectivity index (χ0n) is 8.32. The molecular formula is C11H13ClN2O. The fraction of sp³-hybridized carbons (Fsp3) is 0.545. The van der Waals surface area contributed by atoms with Gasteiger partial charge in [0, 0.05) is 6.20 Å². The molecule has 3 nitrogen and oxygen atoms in total. The Morgan fingerprint density at radius 3 is 3.07 bits per heavy atom. The van der Waals surface area contributed by atoms with Crippen LogP contribution in [-0.2, 0) is 4.74 Å². The van der Waals surface area contributed by atoms with Gasteiger partial charge >= 0.3 is 0 Å². The van der Waals surface area contributed by atoms with E-state index in [2.05, 4.69) is 10.3 Å². The lowest BCUT2D eigenvalue weighted by molar-refractivity contribution is 0.102. The number of fused-ring (bicyclic) bond motifs is 2. The molecule has 2 aliphatic rings. The first-order valence-corrected chi connectivity index (χ1v) is 5.73. The Bertz CT molecular complexity index is 371. The zero-order valence-corrected chi connectivity index (χ0v) is 9.07. The molecule has 1 N–H and O–H groups in total. The third-order valence-electron chi connectivity index (χ3n) is 3.19. The summed E-state index contributed by atoms with van der Waals surface area (Å²) < 4.78 is 5.76. The van der Waals surface area contributed by atoms with Gasteiger partial charge in [0.2, 0.25) is 0 Å². The van der Waals surface area contributed by atoms with E-state index in [1.807, 2.05) is 12.1 Å². The Morgan fingerprint density at radius 2 is 2.40 bits per heavy atom. The third-order valence-corrected chi connectivity index (χ3v) is 3.49. The van der Waals surface area contributed by atoms with Crippen molar-refractivity contribution < 1.29 is 4.74 Å². The summed E-state index contributed by atoms with van der Waals surface area (Å²) in [7, 11) is 0. The van der Waals surface area contributed by atoms with Crippen LogP contribution in [0.3, 0.4) is 0 Å². The van der Waals surface area contributed by atoms with Gasteiger partial charge in [-0.2, -0.15) is 0 Å². The molecule has 0 aromatic carbocycles. The molecule has 0 amide bonds. The van der Waals surface area contributed by atoms with E-state index in [0.717, 1.165) is 18.7 Å². The molecule has 4 heteroatoms. The maximum absolute atomic E-state index is 6.04. The minimum absolute atomic E-state index is 0.355. The van der Waals surface area contributed by atoms with Crippen molar-refractivity contribution in [1.82, 2.24) is 4.98 Å². The molecule has 2 fully saturated rings. The van der Waals surface area contributed by atoms with Crippen LogP contribution in [0.5, 0.6) is 0 Å². The molecule has 3 atom stereocenters. The van der Waals surface area contributed by atoms with Gasteiger partial charge in [0.1, 0.15) is 5.82 Å². The lowest BCUT2D eigenvalue weighted by atomic mass is 9.95. The van der Waals surface area contributed by atoms with Crippen LogP contribution in [0.1, 0.15) is 19.3 Å². The second kappa shape index (κ2) is 3.65. The number of ether oxygens (including phenoxy) is 1. The molecule has 80 valence electrons. The van der Waals surface area contributed by atoms with Crippen LogP contribution in [0.15, 0.2) is 18.3 Å². The highest BCUT2D eigenvalue weighted by atomic mass is 35.5. The number of aromatic nitrogens is 1. The molecule has 0 aliphatic carbocycles. The number of halogens is 1. The molecule has 0 radical (unpaired) electrons. The van der Waals surface area contributed by atoms with E-state index in [0.29, 0.717) is 23.3 Å². The molecule has 2 bridgehead atoms. The third kappa shape index (κ3) is 1.70. The monoisotopic (exact) mass is 224 g/mol. The van der Waals surface area contributed by atoms with Crippen molar-refractivity contribution in [3.8, 4) is 0 Å².